The van der Waals surface area contributed by atoms with Crippen LogP contribution in [0.25, 0.3) is 0 Å². The molecule has 1 fully saturated rings. The Morgan fingerprint density at radius 3 is 3.15 bits per heavy atom. The maximum atomic E-state index is 10.7. The molecule has 1 aliphatic rings. The fourth-order valence-corrected chi connectivity index (χ4v) is 2.14. The number of ether oxygens (including phenoxy) is 1. The molecule has 1 aromatic carbocycles. The number of nitro benzene ring substituents is 1. The summed E-state index contributed by atoms with van der Waals surface area (Å²) in [5, 5.41) is 29.7. The standard InChI is InChI=1S/C13H15N3O4/c14-7-12-8-15(4-5-20-12)9-13(17)10-2-1-3-11(6-10)16(18)19/h1-3,6,12-13,17H,4-5,8-9H2. The highest BCUT2D eigenvalue weighted by Gasteiger charge is 2.23. The normalized spacial score (nSPS) is 21.1. The van der Waals surface area contributed by atoms with Gasteiger partial charge >= 0.3 is 0 Å². The van der Waals surface area contributed by atoms with Crippen LogP contribution < -0.4 is 0 Å². The van der Waals surface area contributed by atoms with Crippen molar-refractivity contribution in [2.45, 2.75) is 12.2 Å². The second kappa shape index (κ2) is 6.43. The number of rotatable bonds is 4. The minimum Gasteiger partial charge on any atom is -0.387 e. The Hall–Kier alpha value is -2.01. The maximum Gasteiger partial charge on any atom is 0.269 e. The van der Waals surface area contributed by atoms with E-state index in [0.29, 0.717) is 31.8 Å². The van der Waals surface area contributed by atoms with Crippen LogP contribution in [0.15, 0.2) is 24.3 Å². The lowest BCUT2D eigenvalue weighted by atomic mass is 10.1. The van der Waals surface area contributed by atoms with Gasteiger partial charge in [-0.15, -0.1) is 0 Å². The van der Waals surface area contributed by atoms with E-state index in [-0.39, 0.29) is 5.69 Å². The molecule has 0 bridgehead atoms. The van der Waals surface area contributed by atoms with E-state index in [0.717, 1.165) is 0 Å². The lowest BCUT2D eigenvalue weighted by Gasteiger charge is -2.31. The van der Waals surface area contributed by atoms with Crippen LogP contribution in [-0.4, -0.2) is 47.3 Å². The summed E-state index contributed by atoms with van der Waals surface area (Å²) >= 11 is 0. The molecule has 1 saturated heterocycles. The number of non-ortho nitro benzene ring substituents is 1. The fraction of sp³-hybridized carbons (Fsp3) is 0.462. The quantitative estimate of drug-likeness (QED) is 0.647. The number of β-amino-alcohol motifs (C(OH)–C–C–N with tert-alkyl or cyclic N) is 1. The molecule has 7 heteroatoms. The third kappa shape index (κ3) is 3.51. The predicted molar refractivity (Wildman–Crippen MR) is 69.8 cm³/mol. The van der Waals surface area contributed by atoms with Crippen molar-refractivity contribution in [3.63, 3.8) is 0 Å². The number of aliphatic hydroxyl groups is 1. The zero-order valence-corrected chi connectivity index (χ0v) is 10.8. The molecule has 0 aliphatic carbocycles. The first-order chi connectivity index (χ1) is 9.60. The van der Waals surface area contributed by atoms with Crippen molar-refractivity contribution in [2.24, 2.45) is 0 Å². The van der Waals surface area contributed by atoms with Gasteiger partial charge in [0, 0.05) is 31.8 Å². The van der Waals surface area contributed by atoms with Crippen LogP contribution in [0.4, 0.5) is 5.69 Å². The fourth-order valence-electron chi connectivity index (χ4n) is 2.14. The van der Waals surface area contributed by atoms with E-state index in [2.05, 4.69) is 0 Å². The first-order valence-corrected chi connectivity index (χ1v) is 6.26. The molecule has 0 amide bonds. The van der Waals surface area contributed by atoms with Crippen molar-refractivity contribution in [2.75, 3.05) is 26.2 Å². The number of hydrogen-bond acceptors (Lipinski definition) is 6. The number of nitrogens with zero attached hydrogens (tertiary/aromatic N) is 3. The molecule has 0 spiro atoms. The van der Waals surface area contributed by atoms with Crippen LogP contribution in [0.1, 0.15) is 11.7 Å². The van der Waals surface area contributed by atoms with Gasteiger partial charge in [-0.05, 0) is 5.56 Å². The Bertz CT molecular complexity index is 529. The SMILES string of the molecule is N#CC1CN(CC(O)c2cccc([N+](=O)[O-])c2)CCO1. The molecule has 0 aromatic heterocycles. The van der Waals surface area contributed by atoms with E-state index >= 15 is 0 Å². The van der Waals surface area contributed by atoms with E-state index in [1.54, 1.807) is 12.1 Å². The summed E-state index contributed by atoms with van der Waals surface area (Å²) in [4.78, 5) is 12.1. The Balaban J connectivity index is 2.01. The molecule has 0 radical (unpaired) electrons. The largest absolute Gasteiger partial charge is 0.387 e. The summed E-state index contributed by atoms with van der Waals surface area (Å²) in [5.74, 6) is 0. The molecular formula is C13H15N3O4. The van der Waals surface area contributed by atoms with Gasteiger partial charge in [-0.2, -0.15) is 5.26 Å². The molecule has 2 unspecified atom stereocenters. The highest BCUT2D eigenvalue weighted by Crippen LogP contribution is 2.20. The lowest BCUT2D eigenvalue weighted by Crippen LogP contribution is -2.43. The van der Waals surface area contributed by atoms with Crippen LogP contribution in [-0.2, 0) is 4.74 Å². The number of morpholine rings is 1. The van der Waals surface area contributed by atoms with Crippen molar-refractivity contribution in [1.29, 1.82) is 5.26 Å². The van der Waals surface area contributed by atoms with Gasteiger partial charge in [0.05, 0.1) is 23.7 Å². The molecule has 1 heterocycles. The Morgan fingerprint density at radius 1 is 1.65 bits per heavy atom. The number of aliphatic hydroxyl groups excluding tert-OH is 1. The summed E-state index contributed by atoms with van der Waals surface area (Å²) in [6.07, 6.45) is -1.31. The molecule has 1 N–H and O–H groups in total. The minimum atomic E-state index is -0.827. The molecule has 20 heavy (non-hydrogen) atoms. The van der Waals surface area contributed by atoms with Gasteiger partial charge in [0.2, 0.25) is 0 Å². The van der Waals surface area contributed by atoms with Gasteiger partial charge < -0.3 is 9.84 Å². The summed E-state index contributed by atoms with van der Waals surface area (Å²) in [6.45, 7) is 1.83. The molecule has 1 aromatic rings. The number of nitro groups is 1. The van der Waals surface area contributed by atoms with Crippen molar-refractivity contribution in [3.8, 4) is 6.07 Å². The topological polar surface area (TPSA) is 99.6 Å². The van der Waals surface area contributed by atoms with Crippen molar-refractivity contribution >= 4 is 5.69 Å². The monoisotopic (exact) mass is 277 g/mol. The molecule has 106 valence electrons. The Morgan fingerprint density at radius 2 is 2.45 bits per heavy atom. The molecule has 2 rings (SSSR count). The lowest BCUT2D eigenvalue weighted by molar-refractivity contribution is -0.385. The van der Waals surface area contributed by atoms with E-state index in [1.165, 1.54) is 12.1 Å². The zero-order chi connectivity index (χ0) is 14.5. The molecule has 1 aliphatic heterocycles. The van der Waals surface area contributed by atoms with Gasteiger partial charge in [0.25, 0.3) is 5.69 Å². The highest BCUT2D eigenvalue weighted by atomic mass is 16.6. The third-order valence-electron chi connectivity index (χ3n) is 3.19. The predicted octanol–water partition coefficient (Wildman–Crippen LogP) is 0.853. The van der Waals surface area contributed by atoms with Crippen molar-refractivity contribution < 1.29 is 14.8 Å². The van der Waals surface area contributed by atoms with Crippen molar-refractivity contribution in [3.05, 3.63) is 39.9 Å². The summed E-state index contributed by atoms with van der Waals surface area (Å²) in [6, 6.07) is 7.99. The smallest absolute Gasteiger partial charge is 0.269 e. The maximum absolute atomic E-state index is 10.7. The molecular weight excluding hydrogens is 262 g/mol. The van der Waals surface area contributed by atoms with E-state index in [1.807, 2.05) is 11.0 Å². The van der Waals surface area contributed by atoms with Gasteiger partial charge in [0.1, 0.15) is 0 Å². The first kappa shape index (κ1) is 14.4. The molecule has 0 saturated carbocycles. The van der Waals surface area contributed by atoms with Gasteiger partial charge in [-0.1, -0.05) is 12.1 Å². The number of benzene rings is 1. The van der Waals surface area contributed by atoms with Crippen LogP contribution in [0.3, 0.4) is 0 Å². The average Bonchev–Trinajstić information content (AvgIpc) is 2.47. The summed E-state index contributed by atoms with van der Waals surface area (Å²) < 4.78 is 5.22. The number of hydrogen-bond donors (Lipinski definition) is 1. The Kier molecular flexibility index (Phi) is 4.63. The van der Waals surface area contributed by atoms with E-state index < -0.39 is 17.1 Å². The van der Waals surface area contributed by atoms with Crippen LogP contribution >= 0.6 is 0 Å². The van der Waals surface area contributed by atoms with Gasteiger partial charge in [-0.3, -0.25) is 15.0 Å². The van der Waals surface area contributed by atoms with Crippen LogP contribution in [0, 0.1) is 21.4 Å². The van der Waals surface area contributed by atoms with E-state index in [4.69, 9.17) is 10.00 Å². The summed E-state index contributed by atoms with van der Waals surface area (Å²) in [7, 11) is 0. The second-order valence-corrected chi connectivity index (χ2v) is 4.62. The van der Waals surface area contributed by atoms with Crippen LogP contribution in [0.5, 0.6) is 0 Å². The van der Waals surface area contributed by atoms with Crippen LogP contribution in [0.2, 0.25) is 0 Å². The minimum absolute atomic E-state index is 0.0431. The summed E-state index contributed by atoms with van der Waals surface area (Å²) in [5.41, 5.74) is 0.456. The van der Waals surface area contributed by atoms with Crippen molar-refractivity contribution in [1.82, 2.24) is 4.90 Å². The first-order valence-electron chi connectivity index (χ1n) is 6.26. The third-order valence-corrected chi connectivity index (χ3v) is 3.19. The van der Waals surface area contributed by atoms with Gasteiger partial charge in [-0.25, -0.2) is 0 Å². The Labute approximate surface area is 116 Å². The van der Waals surface area contributed by atoms with E-state index in [9.17, 15) is 15.2 Å². The second-order valence-electron chi connectivity index (χ2n) is 4.62. The highest BCUT2D eigenvalue weighted by molar-refractivity contribution is 5.35. The van der Waals surface area contributed by atoms with Gasteiger partial charge in [0.15, 0.2) is 6.10 Å². The average molecular weight is 277 g/mol. The molecule has 7 nitrogen and oxygen atoms in total. The molecule has 2 atom stereocenters. The number of nitriles is 1. The zero-order valence-electron chi connectivity index (χ0n) is 10.8.